The van der Waals surface area contributed by atoms with Crippen molar-refractivity contribution in [2.75, 3.05) is 4.90 Å². The Bertz CT molecular complexity index is 3130. The summed E-state index contributed by atoms with van der Waals surface area (Å²) < 4.78 is 2.43. The average Bonchev–Trinajstić information content (AvgIpc) is 3.78. The molecule has 0 saturated carbocycles. The molecule has 0 N–H and O–H groups in total. The molecule has 3 heterocycles. The molecule has 0 unspecified atom stereocenters. The molecular formula is C54H36N4. The highest BCUT2D eigenvalue weighted by Crippen LogP contribution is 2.64. The number of aromatic nitrogens is 3. The van der Waals surface area contributed by atoms with Gasteiger partial charge in [0, 0.05) is 27.6 Å². The lowest BCUT2D eigenvalue weighted by molar-refractivity contribution is 0.750. The number of fused-ring (bicyclic) bond motifs is 13. The summed E-state index contributed by atoms with van der Waals surface area (Å²) in [6.07, 6.45) is 0. The van der Waals surface area contributed by atoms with Crippen molar-refractivity contribution in [2.45, 2.75) is 12.3 Å². The van der Waals surface area contributed by atoms with E-state index in [4.69, 9.17) is 9.97 Å². The highest BCUT2D eigenvalue weighted by Gasteiger charge is 2.52. The normalized spacial score (nSPS) is 13.4. The maximum absolute atomic E-state index is 5.38. The first kappa shape index (κ1) is 32.7. The summed E-state index contributed by atoms with van der Waals surface area (Å²) in [5, 5.41) is 2.53. The van der Waals surface area contributed by atoms with Gasteiger partial charge in [-0.1, -0.05) is 163 Å². The third-order valence-corrected chi connectivity index (χ3v) is 12.3. The van der Waals surface area contributed by atoms with Crippen LogP contribution in [0.3, 0.4) is 0 Å². The van der Waals surface area contributed by atoms with Crippen molar-refractivity contribution >= 4 is 39.1 Å². The molecule has 0 amide bonds. The molecular weight excluding hydrogens is 705 g/mol. The summed E-state index contributed by atoms with van der Waals surface area (Å²) in [5.41, 5.74) is 17.7. The predicted octanol–water partition coefficient (Wildman–Crippen LogP) is 13.4. The largest absolute Gasteiger partial charge is 0.309 e. The third kappa shape index (κ3) is 4.51. The highest BCUT2D eigenvalue weighted by molar-refractivity contribution is 6.18. The van der Waals surface area contributed by atoms with E-state index in [1.165, 1.54) is 60.8 Å². The molecule has 0 atom stereocenters. The van der Waals surface area contributed by atoms with Crippen LogP contribution in [-0.2, 0) is 5.41 Å². The average molecular weight is 741 g/mol. The molecule has 8 aromatic carbocycles. The Kier molecular flexibility index (Phi) is 7.02. The van der Waals surface area contributed by atoms with Gasteiger partial charge in [0.05, 0.1) is 39.2 Å². The van der Waals surface area contributed by atoms with Crippen LogP contribution in [-0.4, -0.2) is 14.5 Å². The molecule has 1 aliphatic carbocycles. The van der Waals surface area contributed by atoms with Crippen LogP contribution < -0.4 is 4.90 Å². The molecule has 0 saturated heterocycles. The molecule has 0 fully saturated rings. The Balaban J connectivity index is 1.17. The summed E-state index contributed by atoms with van der Waals surface area (Å²) in [6.45, 7) is 2.15. The van der Waals surface area contributed by atoms with Gasteiger partial charge in [-0.05, 0) is 82.8 Å². The van der Waals surface area contributed by atoms with E-state index in [2.05, 4.69) is 204 Å². The number of hydrogen-bond donors (Lipinski definition) is 0. The van der Waals surface area contributed by atoms with Crippen LogP contribution in [0.4, 0.5) is 17.3 Å². The maximum atomic E-state index is 5.38. The molecule has 0 bridgehead atoms. The van der Waals surface area contributed by atoms with Crippen LogP contribution in [0.15, 0.2) is 200 Å². The molecule has 2 aliphatic rings. The van der Waals surface area contributed by atoms with Gasteiger partial charge in [-0.25, -0.2) is 9.97 Å². The van der Waals surface area contributed by atoms with Gasteiger partial charge in [-0.3, -0.25) is 4.90 Å². The zero-order valence-electron chi connectivity index (χ0n) is 31.8. The van der Waals surface area contributed by atoms with Crippen molar-refractivity contribution in [3.05, 3.63) is 228 Å². The van der Waals surface area contributed by atoms with Crippen LogP contribution in [0.25, 0.3) is 61.1 Å². The first-order chi connectivity index (χ1) is 28.7. The van der Waals surface area contributed by atoms with E-state index < -0.39 is 5.41 Å². The first-order valence-corrected chi connectivity index (χ1v) is 19.9. The first-order valence-electron chi connectivity index (χ1n) is 19.9. The van der Waals surface area contributed by atoms with E-state index in [0.717, 1.165) is 39.6 Å². The minimum Gasteiger partial charge on any atom is -0.309 e. The fourth-order valence-corrected chi connectivity index (χ4v) is 9.89. The van der Waals surface area contributed by atoms with Gasteiger partial charge in [0.25, 0.3) is 0 Å². The van der Waals surface area contributed by atoms with E-state index in [-0.39, 0.29) is 0 Å². The summed E-state index contributed by atoms with van der Waals surface area (Å²) in [6, 6.07) is 72.4. The van der Waals surface area contributed by atoms with Crippen LogP contribution in [0.2, 0.25) is 0 Å². The summed E-state index contributed by atoms with van der Waals surface area (Å²) in [5.74, 6) is 0.637. The fourth-order valence-electron chi connectivity index (χ4n) is 9.89. The van der Waals surface area contributed by atoms with E-state index in [1.54, 1.807) is 0 Å². The van der Waals surface area contributed by atoms with Crippen molar-refractivity contribution in [1.82, 2.24) is 14.5 Å². The van der Waals surface area contributed by atoms with Gasteiger partial charge >= 0.3 is 0 Å². The van der Waals surface area contributed by atoms with Gasteiger partial charge in [0.1, 0.15) is 0 Å². The Hall–Kier alpha value is -7.56. The van der Waals surface area contributed by atoms with Gasteiger partial charge in [0.2, 0.25) is 5.95 Å². The molecule has 4 heteroatoms. The molecule has 10 aromatic rings. The quantitative estimate of drug-likeness (QED) is 0.180. The smallest absolute Gasteiger partial charge is 0.235 e. The molecule has 272 valence electrons. The molecule has 2 aromatic heterocycles. The Labute approximate surface area is 337 Å². The molecule has 1 aliphatic heterocycles. The fraction of sp³-hybridized carbons (Fsp3) is 0.0370. The second kappa shape index (κ2) is 12.5. The SMILES string of the molecule is Cc1ccc(-n2c3ccccc3c3c4c(ccc32)C2(c3ccccc3-4)c3ccccc3N(c3nc(-c4ccccc4)cc(-c4ccccc4)n3)c3ccccc32)cc1. The van der Waals surface area contributed by atoms with Gasteiger partial charge in [0.15, 0.2) is 0 Å². The topological polar surface area (TPSA) is 34.0 Å². The van der Waals surface area contributed by atoms with E-state index in [0.29, 0.717) is 5.95 Å². The molecule has 58 heavy (non-hydrogen) atoms. The zero-order chi connectivity index (χ0) is 38.4. The van der Waals surface area contributed by atoms with Crippen molar-refractivity contribution < 1.29 is 0 Å². The monoisotopic (exact) mass is 740 g/mol. The number of aryl methyl sites for hydroxylation is 1. The van der Waals surface area contributed by atoms with Crippen LogP contribution >= 0.6 is 0 Å². The van der Waals surface area contributed by atoms with Crippen molar-refractivity contribution in [2.24, 2.45) is 0 Å². The number of hydrogen-bond acceptors (Lipinski definition) is 3. The lowest BCUT2D eigenvalue weighted by Gasteiger charge is -2.44. The van der Waals surface area contributed by atoms with Crippen LogP contribution in [0.5, 0.6) is 0 Å². The van der Waals surface area contributed by atoms with E-state index in [9.17, 15) is 0 Å². The van der Waals surface area contributed by atoms with Gasteiger partial charge < -0.3 is 4.57 Å². The lowest BCUT2D eigenvalue weighted by Crippen LogP contribution is -2.36. The standard InChI is InChI=1S/C54H36N4/c1-35-28-30-38(31-29-35)57-47-25-13-9-21-40(47)52-50(57)33-32-44-51(52)39-20-8-10-22-41(39)54(44)42-23-11-14-26-48(42)58(49-27-15-12-24-43(49)54)53-55-45(36-16-4-2-5-17-36)34-46(56-53)37-18-6-3-7-19-37/h2-34H,1H3. The lowest BCUT2D eigenvalue weighted by atomic mass is 9.64. The van der Waals surface area contributed by atoms with Crippen LogP contribution in [0, 0.1) is 6.92 Å². The van der Waals surface area contributed by atoms with Crippen LogP contribution in [0.1, 0.15) is 27.8 Å². The maximum Gasteiger partial charge on any atom is 0.235 e. The Morgan fingerprint density at radius 2 is 1.00 bits per heavy atom. The number of benzene rings is 8. The van der Waals surface area contributed by atoms with E-state index >= 15 is 0 Å². The molecule has 4 nitrogen and oxygen atoms in total. The highest BCUT2D eigenvalue weighted by atomic mass is 15.3. The van der Waals surface area contributed by atoms with Crippen molar-refractivity contribution in [1.29, 1.82) is 0 Å². The molecule has 1 spiro atoms. The van der Waals surface area contributed by atoms with Gasteiger partial charge in [-0.2, -0.15) is 0 Å². The minimum atomic E-state index is -0.601. The van der Waals surface area contributed by atoms with Gasteiger partial charge in [-0.15, -0.1) is 0 Å². The van der Waals surface area contributed by atoms with Crippen molar-refractivity contribution in [3.8, 4) is 39.3 Å². The second-order valence-electron chi connectivity index (χ2n) is 15.4. The predicted molar refractivity (Wildman–Crippen MR) is 238 cm³/mol. The second-order valence-corrected chi connectivity index (χ2v) is 15.4. The number of nitrogens with zero attached hydrogens (tertiary/aromatic N) is 4. The number of para-hydroxylation sites is 3. The summed E-state index contributed by atoms with van der Waals surface area (Å²) >= 11 is 0. The Morgan fingerprint density at radius 1 is 0.448 bits per heavy atom. The zero-order valence-corrected chi connectivity index (χ0v) is 31.8. The van der Waals surface area contributed by atoms with Crippen molar-refractivity contribution in [3.63, 3.8) is 0 Å². The summed E-state index contributed by atoms with van der Waals surface area (Å²) in [7, 11) is 0. The molecule has 12 rings (SSSR count). The van der Waals surface area contributed by atoms with E-state index in [1.807, 2.05) is 12.1 Å². The third-order valence-electron chi connectivity index (χ3n) is 12.3. The Morgan fingerprint density at radius 3 is 1.66 bits per heavy atom. The number of rotatable bonds is 4. The minimum absolute atomic E-state index is 0.601. The number of anilines is 3. The summed E-state index contributed by atoms with van der Waals surface area (Å²) in [4.78, 5) is 13.0. The molecule has 0 radical (unpaired) electrons.